The molecule has 1 aromatic rings. The normalized spacial score (nSPS) is 22.6. The highest BCUT2D eigenvalue weighted by atomic mass is 79.9. The van der Waals surface area contributed by atoms with E-state index in [1.54, 1.807) is 0 Å². The van der Waals surface area contributed by atoms with Crippen LogP contribution in [0.5, 0.6) is 0 Å². The van der Waals surface area contributed by atoms with Crippen LogP contribution >= 0.6 is 15.9 Å². The number of rotatable bonds is 3. The first-order valence-electron chi connectivity index (χ1n) is 7.29. The van der Waals surface area contributed by atoms with E-state index in [9.17, 15) is 4.79 Å². The molecule has 0 atom stereocenters. The van der Waals surface area contributed by atoms with Gasteiger partial charge in [0.2, 0.25) is 5.91 Å². The zero-order chi connectivity index (χ0) is 14.7. The topological polar surface area (TPSA) is 55.1 Å². The van der Waals surface area contributed by atoms with Crippen molar-refractivity contribution in [3.63, 3.8) is 0 Å². The van der Waals surface area contributed by atoms with Gasteiger partial charge in [0.15, 0.2) is 0 Å². The summed E-state index contributed by atoms with van der Waals surface area (Å²) < 4.78 is 1.11. The van der Waals surface area contributed by atoms with Gasteiger partial charge in [0.05, 0.1) is 0 Å². The maximum absolute atomic E-state index is 12.3. The van der Waals surface area contributed by atoms with Crippen molar-refractivity contribution in [2.45, 2.75) is 39.5 Å². The molecule has 3 nitrogen and oxygen atoms in total. The molecule has 0 spiro atoms. The first-order chi connectivity index (χ1) is 9.51. The number of carbonyl (C=O) groups is 1. The maximum atomic E-state index is 12.3. The van der Waals surface area contributed by atoms with Crippen molar-refractivity contribution in [1.82, 2.24) is 0 Å². The van der Waals surface area contributed by atoms with Gasteiger partial charge < -0.3 is 11.1 Å². The summed E-state index contributed by atoms with van der Waals surface area (Å²) in [5, 5.41) is 3.06. The molecule has 0 saturated heterocycles. The lowest BCUT2D eigenvalue weighted by Gasteiger charge is -2.26. The standard InChI is InChI=1S/C16H23BrN2O/c1-10-7-14(8-11(2)15(10)17)19-16(20)13-5-3-12(9-18)4-6-13/h7-8,12-13H,3-6,9,18H2,1-2H3,(H,19,20). The van der Waals surface area contributed by atoms with Crippen molar-refractivity contribution in [3.8, 4) is 0 Å². The molecule has 20 heavy (non-hydrogen) atoms. The summed E-state index contributed by atoms with van der Waals surface area (Å²) in [5.74, 6) is 0.903. The van der Waals surface area contributed by atoms with Gasteiger partial charge in [-0.15, -0.1) is 0 Å². The van der Waals surface area contributed by atoms with Gasteiger partial charge >= 0.3 is 0 Å². The molecule has 1 saturated carbocycles. The van der Waals surface area contributed by atoms with Crippen LogP contribution in [0.1, 0.15) is 36.8 Å². The van der Waals surface area contributed by atoms with E-state index in [4.69, 9.17) is 5.73 Å². The summed E-state index contributed by atoms with van der Waals surface area (Å²) in [6, 6.07) is 4.03. The summed E-state index contributed by atoms with van der Waals surface area (Å²) >= 11 is 3.55. The lowest BCUT2D eigenvalue weighted by atomic mass is 9.81. The molecule has 0 aromatic heterocycles. The number of hydrogen-bond donors (Lipinski definition) is 2. The van der Waals surface area contributed by atoms with Crippen molar-refractivity contribution in [3.05, 3.63) is 27.7 Å². The number of nitrogens with two attached hydrogens (primary N) is 1. The summed E-state index contributed by atoms with van der Waals surface area (Å²) in [6.07, 6.45) is 4.07. The minimum Gasteiger partial charge on any atom is -0.330 e. The predicted molar refractivity (Wildman–Crippen MR) is 86.7 cm³/mol. The largest absolute Gasteiger partial charge is 0.330 e. The Morgan fingerprint density at radius 2 is 1.80 bits per heavy atom. The lowest BCUT2D eigenvalue weighted by Crippen LogP contribution is -2.29. The number of aryl methyl sites for hydroxylation is 2. The summed E-state index contributed by atoms with van der Waals surface area (Å²) in [6.45, 7) is 4.83. The van der Waals surface area contributed by atoms with Crippen molar-refractivity contribution >= 4 is 27.5 Å². The Morgan fingerprint density at radius 3 is 2.30 bits per heavy atom. The predicted octanol–water partition coefficient (Wildman–Crippen LogP) is 3.77. The minimum atomic E-state index is 0.141. The van der Waals surface area contributed by atoms with Crippen LogP contribution in [0.2, 0.25) is 0 Å². The number of halogens is 1. The molecule has 3 N–H and O–H groups in total. The van der Waals surface area contributed by atoms with E-state index in [2.05, 4.69) is 21.2 Å². The molecule has 110 valence electrons. The zero-order valence-electron chi connectivity index (χ0n) is 12.2. The van der Waals surface area contributed by atoms with Gasteiger partial charge in [0, 0.05) is 16.1 Å². The maximum Gasteiger partial charge on any atom is 0.227 e. The average Bonchev–Trinajstić information content (AvgIpc) is 2.44. The monoisotopic (exact) mass is 338 g/mol. The van der Waals surface area contributed by atoms with E-state index in [-0.39, 0.29) is 11.8 Å². The number of benzene rings is 1. The molecule has 1 aromatic carbocycles. The van der Waals surface area contributed by atoms with Crippen LogP contribution < -0.4 is 11.1 Å². The fourth-order valence-electron chi connectivity index (χ4n) is 2.92. The van der Waals surface area contributed by atoms with Gasteiger partial charge in [-0.25, -0.2) is 0 Å². The summed E-state index contributed by atoms with van der Waals surface area (Å²) in [4.78, 5) is 12.3. The Labute approximate surface area is 129 Å². The summed E-state index contributed by atoms with van der Waals surface area (Å²) in [7, 11) is 0. The fourth-order valence-corrected chi connectivity index (χ4v) is 3.15. The van der Waals surface area contributed by atoms with E-state index in [0.29, 0.717) is 5.92 Å². The highest BCUT2D eigenvalue weighted by Gasteiger charge is 2.25. The molecule has 0 bridgehead atoms. The van der Waals surface area contributed by atoms with Crippen LogP contribution in [-0.2, 0) is 4.79 Å². The van der Waals surface area contributed by atoms with Crippen LogP contribution in [0, 0.1) is 25.7 Å². The first kappa shape index (κ1) is 15.5. The molecule has 1 aliphatic carbocycles. The van der Waals surface area contributed by atoms with E-state index in [1.165, 1.54) is 0 Å². The Kier molecular flexibility index (Phi) is 5.22. The number of hydrogen-bond acceptors (Lipinski definition) is 2. The average molecular weight is 339 g/mol. The highest BCUT2D eigenvalue weighted by molar-refractivity contribution is 9.10. The smallest absolute Gasteiger partial charge is 0.227 e. The van der Waals surface area contributed by atoms with E-state index in [0.717, 1.165) is 53.5 Å². The van der Waals surface area contributed by atoms with Crippen LogP contribution in [0.25, 0.3) is 0 Å². The second-order valence-corrected chi connectivity index (χ2v) is 6.66. The lowest BCUT2D eigenvalue weighted by molar-refractivity contribution is -0.121. The number of nitrogens with one attached hydrogen (secondary N) is 1. The van der Waals surface area contributed by atoms with Crippen LogP contribution in [0.4, 0.5) is 5.69 Å². The van der Waals surface area contributed by atoms with Gasteiger partial charge in [0.1, 0.15) is 0 Å². The second-order valence-electron chi connectivity index (χ2n) is 5.87. The fraction of sp³-hybridized carbons (Fsp3) is 0.562. The number of carbonyl (C=O) groups excluding carboxylic acids is 1. The van der Waals surface area contributed by atoms with Gasteiger partial charge in [-0.2, -0.15) is 0 Å². The molecule has 0 unspecified atom stereocenters. The molecule has 1 fully saturated rings. The SMILES string of the molecule is Cc1cc(NC(=O)C2CCC(CN)CC2)cc(C)c1Br. The Balaban J connectivity index is 1.98. The molecule has 0 heterocycles. The molecular weight excluding hydrogens is 316 g/mol. The van der Waals surface area contributed by atoms with E-state index in [1.807, 2.05) is 26.0 Å². The van der Waals surface area contributed by atoms with Gasteiger partial charge in [-0.3, -0.25) is 4.79 Å². The van der Waals surface area contributed by atoms with Gasteiger partial charge in [-0.1, -0.05) is 15.9 Å². The Hall–Kier alpha value is -0.870. The van der Waals surface area contributed by atoms with Crippen molar-refractivity contribution in [2.75, 3.05) is 11.9 Å². The molecule has 2 rings (SSSR count). The molecule has 1 aliphatic rings. The second kappa shape index (κ2) is 6.72. The van der Waals surface area contributed by atoms with Crippen LogP contribution in [0.3, 0.4) is 0 Å². The third-order valence-electron chi connectivity index (χ3n) is 4.25. The van der Waals surface area contributed by atoms with Crippen molar-refractivity contribution in [1.29, 1.82) is 0 Å². The van der Waals surface area contributed by atoms with Gasteiger partial charge in [0.25, 0.3) is 0 Å². The molecular formula is C16H23BrN2O. The number of amides is 1. The van der Waals surface area contributed by atoms with E-state index >= 15 is 0 Å². The molecule has 0 aliphatic heterocycles. The minimum absolute atomic E-state index is 0.141. The third-order valence-corrected chi connectivity index (χ3v) is 5.51. The summed E-state index contributed by atoms with van der Waals surface area (Å²) in [5.41, 5.74) is 8.88. The third kappa shape index (κ3) is 3.61. The Bertz CT molecular complexity index is 470. The zero-order valence-corrected chi connectivity index (χ0v) is 13.8. The number of anilines is 1. The van der Waals surface area contributed by atoms with Crippen LogP contribution in [-0.4, -0.2) is 12.5 Å². The van der Waals surface area contributed by atoms with Crippen molar-refractivity contribution < 1.29 is 4.79 Å². The molecule has 0 radical (unpaired) electrons. The molecule has 4 heteroatoms. The van der Waals surface area contributed by atoms with Gasteiger partial charge in [-0.05, 0) is 75.3 Å². The van der Waals surface area contributed by atoms with Crippen molar-refractivity contribution in [2.24, 2.45) is 17.6 Å². The van der Waals surface area contributed by atoms with E-state index < -0.39 is 0 Å². The Morgan fingerprint density at radius 1 is 1.25 bits per heavy atom. The van der Waals surface area contributed by atoms with Crippen LogP contribution in [0.15, 0.2) is 16.6 Å². The highest BCUT2D eigenvalue weighted by Crippen LogP contribution is 2.30. The first-order valence-corrected chi connectivity index (χ1v) is 8.08. The quantitative estimate of drug-likeness (QED) is 0.881. The molecule has 1 amide bonds.